The minimum atomic E-state index is -0.530. The molecule has 1 aliphatic rings. The van der Waals surface area contributed by atoms with Crippen molar-refractivity contribution in [2.24, 2.45) is 0 Å². The molecule has 0 aromatic heterocycles. The van der Waals surface area contributed by atoms with Crippen molar-refractivity contribution in [1.82, 2.24) is 10.4 Å². The van der Waals surface area contributed by atoms with Crippen LogP contribution < -0.4 is 14.9 Å². The molecule has 3 aromatic carbocycles. The second kappa shape index (κ2) is 11.9. The number of thioether (sulfide) groups is 1. The normalized spacial score (nSPS) is 14.3. The van der Waals surface area contributed by atoms with Gasteiger partial charge in [-0.1, -0.05) is 47.6 Å². The van der Waals surface area contributed by atoms with E-state index in [1.54, 1.807) is 43.5 Å². The maximum atomic E-state index is 13.1. The van der Waals surface area contributed by atoms with Crippen LogP contribution in [0.25, 0.3) is 6.08 Å². The number of rotatable bonds is 7. The molecule has 0 spiro atoms. The SMILES string of the molecule is COc1cc(/C=C2/SC(=S)N(NC(=O)c3ccccc3Cl)C2=O)cc(Br)c1OCc1cc(C)c(C)cc1C. The van der Waals surface area contributed by atoms with Crippen LogP contribution in [0.2, 0.25) is 5.02 Å². The topological polar surface area (TPSA) is 67.9 Å². The second-order valence-corrected chi connectivity index (χ2v) is 11.6. The van der Waals surface area contributed by atoms with Crippen molar-refractivity contribution in [2.75, 3.05) is 7.11 Å². The van der Waals surface area contributed by atoms with Crippen LogP contribution in [0.3, 0.4) is 0 Å². The lowest BCUT2D eigenvalue weighted by Crippen LogP contribution is -2.44. The smallest absolute Gasteiger partial charge is 0.285 e. The zero-order valence-corrected chi connectivity index (χ0v) is 25.0. The summed E-state index contributed by atoms with van der Waals surface area (Å²) in [6.45, 7) is 6.61. The van der Waals surface area contributed by atoms with Crippen LogP contribution in [0.1, 0.15) is 38.2 Å². The molecule has 0 unspecified atom stereocenters. The van der Waals surface area contributed by atoms with Crippen LogP contribution in [0.5, 0.6) is 11.5 Å². The summed E-state index contributed by atoms with van der Waals surface area (Å²) in [6, 6.07) is 14.5. The lowest BCUT2D eigenvalue weighted by molar-refractivity contribution is -0.123. The molecule has 4 rings (SSSR count). The van der Waals surface area contributed by atoms with Crippen LogP contribution in [-0.2, 0) is 11.4 Å². The van der Waals surface area contributed by atoms with E-state index in [9.17, 15) is 9.59 Å². The molecule has 0 aliphatic carbocycles. The highest BCUT2D eigenvalue weighted by Gasteiger charge is 2.34. The Morgan fingerprint density at radius 2 is 1.84 bits per heavy atom. The Bertz CT molecular complexity index is 1490. The van der Waals surface area contributed by atoms with Gasteiger partial charge in [0.25, 0.3) is 11.8 Å². The Morgan fingerprint density at radius 3 is 2.55 bits per heavy atom. The number of methoxy groups -OCH3 is 1. The molecular formula is C28H24BrClN2O4S2. The van der Waals surface area contributed by atoms with E-state index >= 15 is 0 Å². The molecule has 0 saturated carbocycles. The van der Waals surface area contributed by atoms with Gasteiger partial charge in [-0.05, 0) is 107 Å². The van der Waals surface area contributed by atoms with Crippen molar-refractivity contribution in [2.45, 2.75) is 27.4 Å². The van der Waals surface area contributed by atoms with Crippen LogP contribution in [-0.4, -0.2) is 28.3 Å². The van der Waals surface area contributed by atoms with E-state index in [0.717, 1.165) is 27.9 Å². The maximum absolute atomic E-state index is 13.1. The number of halogens is 2. The molecule has 1 N–H and O–H groups in total. The van der Waals surface area contributed by atoms with Crippen LogP contribution in [0.15, 0.2) is 57.9 Å². The Kier molecular flexibility index (Phi) is 8.82. The van der Waals surface area contributed by atoms with Gasteiger partial charge in [0, 0.05) is 0 Å². The number of benzene rings is 3. The molecular weight excluding hydrogens is 608 g/mol. The second-order valence-electron chi connectivity index (χ2n) is 8.62. The molecule has 10 heteroatoms. The average molecular weight is 632 g/mol. The Morgan fingerprint density at radius 1 is 1.13 bits per heavy atom. The van der Waals surface area contributed by atoms with Crippen molar-refractivity contribution in [3.8, 4) is 11.5 Å². The number of amides is 2. The van der Waals surface area contributed by atoms with Crippen molar-refractivity contribution in [3.05, 3.63) is 96.3 Å². The fraction of sp³-hybridized carbons (Fsp3) is 0.179. The number of carbonyl (C=O) groups is 2. The molecule has 1 saturated heterocycles. The highest BCUT2D eigenvalue weighted by Crippen LogP contribution is 2.39. The van der Waals surface area contributed by atoms with Gasteiger partial charge in [-0.3, -0.25) is 15.0 Å². The van der Waals surface area contributed by atoms with Gasteiger partial charge >= 0.3 is 0 Å². The number of nitrogens with one attached hydrogen (secondary N) is 1. The summed E-state index contributed by atoms with van der Waals surface area (Å²) in [5.74, 6) is 0.0931. The molecule has 1 heterocycles. The third-order valence-electron chi connectivity index (χ3n) is 6.00. The quantitative estimate of drug-likeness (QED) is 0.221. The number of thiocarbonyl (C=S) groups is 1. The molecule has 6 nitrogen and oxygen atoms in total. The van der Waals surface area contributed by atoms with Gasteiger partial charge in [0.1, 0.15) is 6.61 Å². The molecule has 3 aromatic rings. The Labute approximate surface area is 244 Å². The summed E-state index contributed by atoms with van der Waals surface area (Å²) in [6.07, 6.45) is 1.69. The van der Waals surface area contributed by atoms with Crippen LogP contribution in [0, 0.1) is 20.8 Å². The van der Waals surface area contributed by atoms with E-state index in [-0.39, 0.29) is 14.9 Å². The first-order valence-electron chi connectivity index (χ1n) is 11.5. The zero-order valence-electron chi connectivity index (χ0n) is 21.1. The Hall–Kier alpha value is -2.85. The molecule has 0 bridgehead atoms. The summed E-state index contributed by atoms with van der Waals surface area (Å²) in [7, 11) is 1.56. The molecule has 1 aliphatic heterocycles. The standard InChI is InChI=1S/C28H24BrClN2O4S2/c1-15-9-17(3)19(10-16(15)2)14-36-25-21(29)11-18(12-23(25)35-4)13-24-27(34)32(28(37)38-24)31-26(33)20-7-5-6-8-22(20)30/h5-13H,14H2,1-4H3,(H,31,33)/b24-13+. The monoisotopic (exact) mass is 630 g/mol. The number of hydrogen-bond acceptors (Lipinski definition) is 6. The third kappa shape index (κ3) is 6.07. The van der Waals surface area contributed by atoms with Gasteiger partial charge in [-0.15, -0.1) is 0 Å². The molecule has 38 heavy (non-hydrogen) atoms. The Balaban J connectivity index is 1.53. The van der Waals surface area contributed by atoms with Gasteiger partial charge in [-0.2, -0.15) is 5.01 Å². The van der Waals surface area contributed by atoms with E-state index in [1.807, 2.05) is 6.07 Å². The van der Waals surface area contributed by atoms with E-state index in [1.165, 1.54) is 11.1 Å². The van der Waals surface area contributed by atoms with E-state index in [2.05, 4.69) is 54.3 Å². The first-order chi connectivity index (χ1) is 18.1. The third-order valence-corrected chi connectivity index (χ3v) is 8.22. The van der Waals surface area contributed by atoms with Gasteiger partial charge in [0.2, 0.25) is 0 Å². The molecule has 0 atom stereocenters. The first-order valence-corrected chi connectivity index (χ1v) is 13.9. The predicted molar refractivity (Wildman–Crippen MR) is 160 cm³/mol. The summed E-state index contributed by atoms with van der Waals surface area (Å²) in [5.41, 5.74) is 8.17. The van der Waals surface area contributed by atoms with E-state index < -0.39 is 11.8 Å². The van der Waals surface area contributed by atoms with Gasteiger partial charge in [0.05, 0.1) is 27.1 Å². The average Bonchev–Trinajstić information content (AvgIpc) is 3.13. The predicted octanol–water partition coefficient (Wildman–Crippen LogP) is 7.16. The number of carbonyl (C=O) groups excluding carboxylic acids is 2. The van der Waals surface area contributed by atoms with Crippen molar-refractivity contribution in [1.29, 1.82) is 0 Å². The van der Waals surface area contributed by atoms with Crippen molar-refractivity contribution in [3.63, 3.8) is 0 Å². The molecule has 2 amide bonds. The summed E-state index contributed by atoms with van der Waals surface area (Å²) in [4.78, 5) is 26.1. The summed E-state index contributed by atoms with van der Waals surface area (Å²) < 4.78 is 12.6. The number of ether oxygens (including phenoxy) is 2. The van der Waals surface area contributed by atoms with Gasteiger partial charge < -0.3 is 9.47 Å². The fourth-order valence-electron chi connectivity index (χ4n) is 3.81. The number of aryl methyl sites for hydroxylation is 3. The summed E-state index contributed by atoms with van der Waals surface area (Å²) in [5, 5.41) is 1.32. The highest BCUT2D eigenvalue weighted by molar-refractivity contribution is 9.10. The first kappa shape index (κ1) is 28.2. The van der Waals surface area contributed by atoms with Gasteiger partial charge in [-0.25, -0.2) is 0 Å². The van der Waals surface area contributed by atoms with Crippen molar-refractivity contribution >= 4 is 73.7 Å². The lowest BCUT2D eigenvalue weighted by Gasteiger charge is -2.16. The lowest BCUT2D eigenvalue weighted by atomic mass is 10.0. The van der Waals surface area contributed by atoms with Crippen molar-refractivity contribution < 1.29 is 19.1 Å². The fourth-order valence-corrected chi connectivity index (χ4v) is 5.79. The molecule has 1 fully saturated rings. The van der Waals surface area contributed by atoms with Crippen LogP contribution >= 0.6 is 51.5 Å². The van der Waals surface area contributed by atoms with Gasteiger partial charge in [0.15, 0.2) is 15.8 Å². The van der Waals surface area contributed by atoms with E-state index in [4.69, 9.17) is 33.3 Å². The van der Waals surface area contributed by atoms with E-state index in [0.29, 0.717) is 33.0 Å². The number of hydrogen-bond donors (Lipinski definition) is 1. The summed E-state index contributed by atoms with van der Waals surface area (Å²) >= 11 is 16.1. The maximum Gasteiger partial charge on any atom is 0.285 e. The minimum absolute atomic E-state index is 0.205. The molecule has 0 radical (unpaired) electrons. The van der Waals surface area contributed by atoms with Crippen LogP contribution in [0.4, 0.5) is 0 Å². The molecule has 196 valence electrons. The zero-order chi connectivity index (χ0) is 27.6. The largest absolute Gasteiger partial charge is 0.493 e. The number of nitrogens with zero attached hydrogens (tertiary/aromatic N) is 1. The minimum Gasteiger partial charge on any atom is -0.493 e. The number of hydrazine groups is 1. The highest BCUT2D eigenvalue weighted by atomic mass is 79.9.